The van der Waals surface area contributed by atoms with Crippen molar-refractivity contribution in [3.05, 3.63) is 40.3 Å². The Morgan fingerprint density at radius 2 is 1.89 bits per heavy atom. The van der Waals surface area contributed by atoms with Crippen molar-refractivity contribution in [2.75, 3.05) is 11.1 Å². The monoisotopic (exact) mass is 271 g/mol. The van der Waals surface area contributed by atoms with Crippen LogP contribution in [-0.2, 0) is 6.54 Å². The van der Waals surface area contributed by atoms with Gasteiger partial charge in [-0.05, 0) is 19.1 Å². The van der Waals surface area contributed by atoms with E-state index in [9.17, 15) is 0 Å². The number of thiazole rings is 1. The SMILES string of the molecule is Cc1csc(CNc2nc3ccccc3nc2N)n1. The number of hydrogen-bond acceptors (Lipinski definition) is 6. The molecule has 5 nitrogen and oxygen atoms in total. The van der Waals surface area contributed by atoms with Gasteiger partial charge in [-0.2, -0.15) is 0 Å². The number of fused-ring (bicyclic) bond motifs is 1. The van der Waals surface area contributed by atoms with Crippen LogP contribution in [0.25, 0.3) is 11.0 Å². The number of rotatable bonds is 3. The van der Waals surface area contributed by atoms with E-state index >= 15 is 0 Å². The van der Waals surface area contributed by atoms with Crippen molar-refractivity contribution in [2.45, 2.75) is 13.5 Å². The molecule has 0 atom stereocenters. The zero-order valence-electron chi connectivity index (χ0n) is 10.4. The van der Waals surface area contributed by atoms with E-state index in [4.69, 9.17) is 5.73 Å². The van der Waals surface area contributed by atoms with Gasteiger partial charge in [0.1, 0.15) is 5.01 Å². The minimum atomic E-state index is 0.409. The van der Waals surface area contributed by atoms with Crippen LogP contribution in [0, 0.1) is 6.92 Å². The van der Waals surface area contributed by atoms with Crippen LogP contribution in [-0.4, -0.2) is 15.0 Å². The van der Waals surface area contributed by atoms with E-state index in [0.717, 1.165) is 21.7 Å². The van der Waals surface area contributed by atoms with Gasteiger partial charge in [-0.3, -0.25) is 0 Å². The van der Waals surface area contributed by atoms with Crippen LogP contribution in [0.5, 0.6) is 0 Å². The van der Waals surface area contributed by atoms with Crippen LogP contribution >= 0.6 is 11.3 Å². The first-order valence-corrected chi connectivity index (χ1v) is 6.77. The average molecular weight is 271 g/mol. The maximum atomic E-state index is 5.90. The molecule has 2 aromatic heterocycles. The molecule has 2 heterocycles. The van der Waals surface area contributed by atoms with Gasteiger partial charge in [0.05, 0.1) is 17.6 Å². The molecule has 3 N–H and O–H groups in total. The number of nitrogens with zero attached hydrogens (tertiary/aromatic N) is 3. The molecule has 0 aliphatic rings. The van der Waals surface area contributed by atoms with Crippen LogP contribution in [0.2, 0.25) is 0 Å². The van der Waals surface area contributed by atoms with Gasteiger partial charge in [0, 0.05) is 11.1 Å². The standard InChI is InChI=1S/C13H13N5S/c1-8-7-19-11(16-8)6-15-13-12(14)17-9-4-2-3-5-10(9)18-13/h2-5,7H,6H2,1H3,(H2,14,17)(H,15,18). The molecular formula is C13H13N5S. The molecular weight excluding hydrogens is 258 g/mol. The molecule has 19 heavy (non-hydrogen) atoms. The number of aryl methyl sites for hydroxylation is 1. The Balaban J connectivity index is 1.86. The largest absolute Gasteiger partial charge is 0.381 e. The van der Waals surface area contributed by atoms with Gasteiger partial charge < -0.3 is 11.1 Å². The number of nitrogens with two attached hydrogens (primary N) is 1. The molecule has 0 amide bonds. The minimum Gasteiger partial charge on any atom is -0.381 e. The quantitative estimate of drug-likeness (QED) is 0.765. The first-order chi connectivity index (χ1) is 9.22. The highest BCUT2D eigenvalue weighted by molar-refractivity contribution is 7.09. The summed E-state index contributed by atoms with van der Waals surface area (Å²) in [5.74, 6) is 1.01. The Labute approximate surface area is 114 Å². The molecule has 6 heteroatoms. The van der Waals surface area contributed by atoms with Crippen molar-refractivity contribution in [1.82, 2.24) is 15.0 Å². The van der Waals surface area contributed by atoms with E-state index in [1.54, 1.807) is 11.3 Å². The average Bonchev–Trinajstić information content (AvgIpc) is 2.82. The second kappa shape index (κ2) is 4.81. The van der Waals surface area contributed by atoms with Gasteiger partial charge in [0.2, 0.25) is 0 Å². The molecule has 0 unspecified atom stereocenters. The summed E-state index contributed by atoms with van der Waals surface area (Å²) in [5, 5.41) is 6.21. The highest BCUT2D eigenvalue weighted by Crippen LogP contribution is 2.19. The predicted octanol–water partition coefficient (Wildman–Crippen LogP) is 2.59. The van der Waals surface area contributed by atoms with E-state index < -0.39 is 0 Å². The van der Waals surface area contributed by atoms with Gasteiger partial charge in [-0.15, -0.1) is 11.3 Å². The number of nitrogens with one attached hydrogen (secondary N) is 1. The lowest BCUT2D eigenvalue weighted by molar-refractivity contribution is 1.06. The fourth-order valence-corrected chi connectivity index (χ4v) is 2.50. The molecule has 0 radical (unpaired) electrons. The molecule has 96 valence electrons. The Hall–Kier alpha value is -2.21. The summed E-state index contributed by atoms with van der Waals surface area (Å²) in [4.78, 5) is 13.2. The Bertz CT molecular complexity index is 722. The molecule has 3 rings (SSSR count). The van der Waals surface area contributed by atoms with Crippen LogP contribution in [0.4, 0.5) is 11.6 Å². The molecule has 0 spiro atoms. The maximum Gasteiger partial charge on any atom is 0.169 e. The number of benzene rings is 1. The van der Waals surface area contributed by atoms with Crippen molar-refractivity contribution in [3.63, 3.8) is 0 Å². The molecule has 0 bridgehead atoms. The van der Waals surface area contributed by atoms with Crippen molar-refractivity contribution >= 4 is 34.0 Å². The molecule has 1 aromatic carbocycles. The van der Waals surface area contributed by atoms with Crippen molar-refractivity contribution in [2.24, 2.45) is 0 Å². The zero-order valence-corrected chi connectivity index (χ0v) is 11.2. The second-order valence-electron chi connectivity index (χ2n) is 4.18. The van der Waals surface area contributed by atoms with E-state index in [2.05, 4.69) is 20.3 Å². The summed E-state index contributed by atoms with van der Waals surface area (Å²) >= 11 is 1.62. The molecule has 0 aliphatic heterocycles. The lowest BCUT2D eigenvalue weighted by atomic mass is 10.3. The number of nitrogen functional groups attached to an aromatic ring is 1. The Kier molecular flexibility index (Phi) is 3.00. The molecule has 0 saturated carbocycles. The molecule has 0 fully saturated rings. The number of hydrogen-bond donors (Lipinski definition) is 2. The van der Waals surface area contributed by atoms with Crippen molar-refractivity contribution in [3.8, 4) is 0 Å². The third kappa shape index (κ3) is 2.48. The highest BCUT2D eigenvalue weighted by Gasteiger charge is 2.06. The summed E-state index contributed by atoms with van der Waals surface area (Å²) < 4.78 is 0. The van der Waals surface area contributed by atoms with Gasteiger partial charge in [0.15, 0.2) is 11.6 Å². The van der Waals surface area contributed by atoms with E-state index in [-0.39, 0.29) is 0 Å². The second-order valence-corrected chi connectivity index (χ2v) is 5.13. The van der Waals surface area contributed by atoms with E-state index in [0.29, 0.717) is 18.2 Å². The number of anilines is 2. The fourth-order valence-electron chi connectivity index (χ4n) is 1.79. The summed E-state index contributed by atoms with van der Waals surface area (Å²) in [6, 6.07) is 7.66. The summed E-state index contributed by atoms with van der Waals surface area (Å²) in [7, 11) is 0. The van der Waals surface area contributed by atoms with Crippen molar-refractivity contribution < 1.29 is 0 Å². The normalized spacial score (nSPS) is 10.8. The van der Waals surface area contributed by atoms with Crippen molar-refractivity contribution in [1.29, 1.82) is 0 Å². The van der Waals surface area contributed by atoms with Gasteiger partial charge in [-0.25, -0.2) is 15.0 Å². The van der Waals surface area contributed by atoms with Crippen LogP contribution in [0.1, 0.15) is 10.7 Å². The first kappa shape index (κ1) is 11.9. The number of aromatic nitrogens is 3. The maximum absolute atomic E-state index is 5.90. The third-order valence-electron chi connectivity index (χ3n) is 2.67. The zero-order chi connectivity index (χ0) is 13.2. The van der Waals surface area contributed by atoms with Crippen LogP contribution in [0.3, 0.4) is 0 Å². The molecule has 0 aliphatic carbocycles. The number of para-hydroxylation sites is 2. The lowest BCUT2D eigenvalue weighted by Gasteiger charge is -2.07. The van der Waals surface area contributed by atoms with E-state index in [1.807, 2.05) is 36.6 Å². The third-order valence-corrected chi connectivity index (χ3v) is 3.64. The summed E-state index contributed by atoms with van der Waals surface area (Å²) in [5.41, 5.74) is 8.56. The van der Waals surface area contributed by atoms with Gasteiger partial charge in [0.25, 0.3) is 0 Å². The topological polar surface area (TPSA) is 76.7 Å². The van der Waals surface area contributed by atoms with E-state index in [1.165, 1.54) is 0 Å². The molecule has 0 saturated heterocycles. The fraction of sp³-hybridized carbons (Fsp3) is 0.154. The molecule has 3 aromatic rings. The smallest absolute Gasteiger partial charge is 0.169 e. The Morgan fingerprint density at radius 3 is 2.58 bits per heavy atom. The Morgan fingerprint density at radius 1 is 1.16 bits per heavy atom. The minimum absolute atomic E-state index is 0.409. The summed E-state index contributed by atoms with van der Waals surface area (Å²) in [6.45, 7) is 2.58. The lowest BCUT2D eigenvalue weighted by Crippen LogP contribution is -2.06. The van der Waals surface area contributed by atoms with Gasteiger partial charge >= 0.3 is 0 Å². The predicted molar refractivity (Wildman–Crippen MR) is 78.1 cm³/mol. The van der Waals surface area contributed by atoms with Gasteiger partial charge in [-0.1, -0.05) is 12.1 Å². The highest BCUT2D eigenvalue weighted by atomic mass is 32.1. The summed E-state index contributed by atoms with van der Waals surface area (Å²) in [6.07, 6.45) is 0. The van der Waals surface area contributed by atoms with Crippen LogP contribution < -0.4 is 11.1 Å². The van der Waals surface area contributed by atoms with Crippen LogP contribution in [0.15, 0.2) is 29.6 Å². The first-order valence-electron chi connectivity index (χ1n) is 5.89.